The molecule has 1 amide bonds. The molecule has 0 aliphatic rings. The Hall–Kier alpha value is -2.86. The first-order chi connectivity index (χ1) is 12.1. The zero-order valence-electron chi connectivity index (χ0n) is 13.8. The zero-order chi connectivity index (χ0) is 17.9. The summed E-state index contributed by atoms with van der Waals surface area (Å²) in [6.45, 7) is 0.694. The standard InChI is InChI=1S/C19H21NO5/c21-18(22)17(11-12-24-13-15-7-3-1-4-8-15)20-19(23)25-14-16-9-5-2-6-10-16/h1-10,17H,11-14H2,(H,20,23)(H,21,22). The summed E-state index contributed by atoms with van der Waals surface area (Å²) in [5, 5.41) is 11.5. The van der Waals surface area contributed by atoms with Gasteiger partial charge in [-0.15, -0.1) is 0 Å². The number of ether oxygens (including phenoxy) is 2. The molecule has 6 heteroatoms. The van der Waals surface area contributed by atoms with Crippen molar-refractivity contribution < 1.29 is 24.2 Å². The molecule has 2 aromatic rings. The normalized spacial score (nSPS) is 11.5. The van der Waals surface area contributed by atoms with Crippen molar-refractivity contribution in [1.82, 2.24) is 5.32 Å². The monoisotopic (exact) mass is 343 g/mol. The fourth-order valence-corrected chi connectivity index (χ4v) is 2.13. The van der Waals surface area contributed by atoms with E-state index in [0.29, 0.717) is 6.61 Å². The van der Waals surface area contributed by atoms with Gasteiger partial charge in [0.05, 0.1) is 6.61 Å². The summed E-state index contributed by atoms with van der Waals surface area (Å²) in [7, 11) is 0. The third kappa shape index (κ3) is 7.05. The molecule has 132 valence electrons. The molecule has 1 atom stereocenters. The van der Waals surface area contributed by atoms with Crippen LogP contribution in [-0.2, 0) is 27.5 Å². The Kier molecular flexibility index (Phi) is 7.46. The van der Waals surface area contributed by atoms with Gasteiger partial charge >= 0.3 is 12.1 Å². The number of benzene rings is 2. The van der Waals surface area contributed by atoms with Gasteiger partial charge in [-0.1, -0.05) is 60.7 Å². The van der Waals surface area contributed by atoms with Crippen molar-refractivity contribution >= 4 is 12.1 Å². The molecule has 0 aliphatic carbocycles. The third-order valence-electron chi connectivity index (χ3n) is 3.47. The molecular formula is C19H21NO5. The third-order valence-corrected chi connectivity index (χ3v) is 3.47. The Morgan fingerprint density at radius 2 is 1.48 bits per heavy atom. The number of carbonyl (C=O) groups is 2. The molecule has 0 saturated carbocycles. The lowest BCUT2D eigenvalue weighted by molar-refractivity contribution is -0.139. The zero-order valence-corrected chi connectivity index (χ0v) is 13.8. The minimum absolute atomic E-state index is 0.0868. The van der Waals surface area contributed by atoms with E-state index in [2.05, 4.69) is 5.32 Å². The van der Waals surface area contributed by atoms with Gasteiger partial charge in [0.2, 0.25) is 0 Å². The summed E-state index contributed by atoms with van der Waals surface area (Å²) in [4.78, 5) is 23.0. The second-order valence-electron chi connectivity index (χ2n) is 5.42. The molecule has 0 saturated heterocycles. The quantitative estimate of drug-likeness (QED) is 0.684. The van der Waals surface area contributed by atoms with E-state index < -0.39 is 18.1 Å². The maximum absolute atomic E-state index is 11.7. The molecule has 2 N–H and O–H groups in total. The topological polar surface area (TPSA) is 84.9 Å². The molecule has 2 rings (SSSR count). The first-order valence-electron chi connectivity index (χ1n) is 7.97. The van der Waals surface area contributed by atoms with E-state index in [1.165, 1.54) is 0 Å². The Balaban J connectivity index is 1.70. The summed E-state index contributed by atoms with van der Waals surface area (Å²) < 4.78 is 10.5. The number of rotatable bonds is 9. The molecule has 0 bridgehead atoms. The van der Waals surface area contributed by atoms with E-state index in [1.807, 2.05) is 60.7 Å². The number of aliphatic carboxylic acids is 1. The largest absolute Gasteiger partial charge is 0.480 e. The van der Waals surface area contributed by atoms with Gasteiger partial charge in [0.1, 0.15) is 12.6 Å². The van der Waals surface area contributed by atoms with Crippen LogP contribution in [0, 0.1) is 0 Å². The first-order valence-corrected chi connectivity index (χ1v) is 7.97. The van der Waals surface area contributed by atoms with E-state index in [0.717, 1.165) is 11.1 Å². The lowest BCUT2D eigenvalue weighted by Gasteiger charge is -2.14. The van der Waals surface area contributed by atoms with Gasteiger partial charge in [0.15, 0.2) is 0 Å². The number of carboxylic acids is 1. The fraction of sp³-hybridized carbons (Fsp3) is 0.263. The van der Waals surface area contributed by atoms with Gasteiger partial charge in [0.25, 0.3) is 0 Å². The summed E-state index contributed by atoms with van der Waals surface area (Å²) in [6, 6.07) is 17.7. The second-order valence-corrected chi connectivity index (χ2v) is 5.42. The Labute approximate surface area is 146 Å². The Morgan fingerprint density at radius 3 is 2.04 bits per heavy atom. The van der Waals surface area contributed by atoms with E-state index in [9.17, 15) is 14.7 Å². The summed E-state index contributed by atoms with van der Waals surface area (Å²) in [6.07, 6.45) is -0.609. The number of hydrogen-bond acceptors (Lipinski definition) is 4. The van der Waals surface area contributed by atoms with E-state index in [4.69, 9.17) is 9.47 Å². The van der Waals surface area contributed by atoms with Crippen LogP contribution >= 0.6 is 0 Å². The number of carbonyl (C=O) groups excluding carboxylic acids is 1. The Morgan fingerprint density at radius 1 is 0.920 bits per heavy atom. The van der Waals surface area contributed by atoms with Crippen LogP contribution in [0.1, 0.15) is 17.5 Å². The van der Waals surface area contributed by atoms with E-state index in [-0.39, 0.29) is 19.6 Å². The molecule has 0 aromatic heterocycles. The second kappa shape index (κ2) is 10.1. The lowest BCUT2D eigenvalue weighted by Crippen LogP contribution is -2.41. The summed E-state index contributed by atoms with van der Waals surface area (Å²) in [5.74, 6) is -1.13. The van der Waals surface area contributed by atoms with Crippen LogP contribution in [-0.4, -0.2) is 29.8 Å². The van der Waals surface area contributed by atoms with Crippen LogP contribution in [0.4, 0.5) is 4.79 Å². The van der Waals surface area contributed by atoms with Crippen molar-refractivity contribution in [3.8, 4) is 0 Å². The number of nitrogens with one attached hydrogen (secondary N) is 1. The lowest BCUT2D eigenvalue weighted by atomic mass is 10.2. The van der Waals surface area contributed by atoms with Crippen molar-refractivity contribution in [1.29, 1.82) is 0 Å². The number of carboxylic acid groups (broad SMARTS) is 1. The highest BCUT2D eigenvalue weighted by Gasteiger charge is 2.20. The van der Waals surface area contributed by atoms with Crippen LogP contribution in [0.25, 0.3) is 0 Å². The minimum Gasteiger partial charge on any atom is -0.480 e. The smallest absolute Gasteiger partial charge is 0.408 e. The van der Waals surface area contributed by atoms with Gasteiger partial charge in [-0.3, -0.25) is 0 Å². The average Bonchev–Trinajstić information content (AvgIpc) is 2.64. The number of alkyl carbamates (subject to hydrolysis) is 1. The molecule has 0 heterocycles. The van der Waals surface area contributed by atoms with Crippen molar-refractivity contribution in [3.63, 3.8) is 0 Å². The fourth-order valence-electron chi connectivity index (χ4n) is 2.13. The summed E-state index contributed by atoms with van der Waals surface area (Å²) >= 11 is 0. The molecule has 25 heavy (non-hydrogen) atoms. The molecule has 1 unspecified atom stereocenters. The maximum Gasteiger partial charge on any atom is 0.408 e. The highest BCUT2D eigenvalue weighted by molar-refractivity contribution is 5.79. The van der Waals surface area contributed by atoms with E-state index in [1.54, 1.807) is 0 Å². The van der Waals surface area contributed by atoms with Crippen molar-refractivity contribution in [2.24, 2.45) is 0 Å². The minimum atomic E-state index is -1.13. The highest BCUT2D eigenvalue weighted by Crippen LogP contribution is 2.04. The van der Waals surface area contributed by atoms with Gasteiger partial charge in [-0.05, 0) is 11.1 Å². The summed E-state index contributed by atoms with van der Waals surface area (Å²) in [5.41, 5.74) is 1.83. The Bertz CT molecular complexity index is 660. The average molecular weight is 343 g/mol. The molecule has 0 spiro atoms. The molecule has 0 aliphatic heterocycles. The molecule has 0 radical (unpaired) electrons. The van der Waals surface area contributed by atoms with Crippen molar-refractivity contribution in [3.05, 3.63) is 71.8 Å². The first kappa shape index (κ1) is 18.5. The van der Waals surface area contributed by atoms with E-state index >= 15 is 0 Å². The predicted octanol–water partition coefficient (Wildman–Crippen LogP) is 2.97. The van der Waals surface area contributed by atoms with Gasteiger partial charge in [0, 0.05) is 13.0 Å². The van der Waals surface area contributed by atoms with Gasteiger partial charge in [-0.2, -0.15) is 0 Å². The van der Waals surface area contributed by atoms with Crippen LogP contribution in [0.3, 0.4) is 0 Å². The van der Waals surface area contributed by atoms with Crippen molar-refractivity contribution in [2.45, 2.75) is 25.7 Å². The van der Waals surface area contributed by atoms with Gasteiger partial charge < -0.3 is 19.9 Å². The van der Waals surface area contributed by atoms with Crippen LogP contribution < -0.4 is 5.32 Å². The highest BCUT2D eigenvalue weighted by atomic mass is 16.5. The maximum atomic E-state index is 11.7. The number of hydrogen-bond donors (Lipinski definition) is 2. The van der Waals surface area contributed by atoms with Crippen LogP contribution in [0.15, 0.2) is 60.7 Å². The molecule has 0 fully saturated rings. The molecule has 2 aromatic carbocycles. The SMILES string of the molecule is O=C(NC(CCOCc1ccccc1)C(=O)O)OCc1ccccc1. The number of amides is 1. The predicted molar refractivity (Wildman–Crippen MR) is 91.9 cm³/mol. The van der Waals surface area contributed by atoms with Crippen LogP contribution in [0.5, 0.6) is 0 Å². The molecular weight excluding hydrogens is 322 g/mol. The van der Waals surface area contributed by atoms with Gasteiger partial charge in [-0.25, -0.2) is 9.59 Å². The van der Waals surface area contributed by atoms with Crippen LogP contribution in [0.2, 0.25) is 0 Å². The van der Waals surface area contributed by atoms with Crippen molar-refractivity contribution in [2.75, 3.05) is 6.61 Å². The molecule has 6 nitrogen and oxygen atoms in total.